The molecule has 0 aliphatic carbocycles. The molecule has 260 valence electrons. The molecule has 1 fully saturated rings. The molecule has 11 heteroatoms. The van der Waals surface area contributed by atoms with Crippen LogP contribution in [0.15, 0.2) is 42.0 Å². The SMILES string of the molecule is CC[C@H]1OC(=O)C(C)C(=O)[C@H](C)C[C@](C)(OC)C[C@@H](C)/C(=C\CNCCN(N)C(=N)c2ccccc2)C(C)N(C)C(O)OC1(C)C. The van der Waals surface area contributed by atoms with Crippen molar-refractivity contribution < 1.29 is 28.9 Å². The van der Waals surface area contributed by atoms with Gasteiger partial charge in [0.2, 0.25) is 6.41 Å². The summed E-state index contributed by atoms with van der Waals surface area (Å²) in [5.41, 5.74) is 0.137. The van der Waals surface area contributed by atoms with E-state index in [-0.39, 0.29) is 23.6 Å². The molecule has 1 saturated heterocycles. The van der Waals surface area contributed by atoms with E-state index >= 15 is 0 Å². The Balaban J connectivity index is 2.33. The maximum absolute atomic E-state index is 13.4. The molecule has 0 saturated carbocycles. The predicted molar refractivity (Wildman–Crippen MR) is 181 cm³/mol. The molecule has 5 N–H and O–H groups in total. The number of ether oxygens (including phenoxy) is 3. The summed E-state index contributed by atoms with van der Waals surface area (Å²) in [6.07, 6.45) is 1.65. The lowest BCUT2D eigenvalue weighted by Gasteiger charge is -2.41. The Labute approximate surface area is 276 Å². The van der Waals surface area contributed by atoms with Crippen LogP contribution in [0.25, 0.3) is 0 Å². The van der Waals surface area contributed by atoms with Crippen molar-refractivity contribution in [2.75, 3.05) is 33.8 Å². The highest BCUT2D eigenvalue weighted by atomic mass is 16.7. The van der Waals surface area contributed by atoms with Crippen molar-refractivity contribution in [1.82, 2.24) is 15.2 Å². The molecule has 1 aliphatic heterocycles. The Morgan fingerprint density at radius 1 is 1.15 bits per heavy atom. The number of aliphatic hydroxyl groups is 1. The minimum atomic E-state index is -1.29. The third-order valence-corrected chi connectivity index (χ3v) is 9.41. The zero-order valence-corrected chi connectivity index (χ0v) is 29.6. The summed E-state index contributed by atoms with van der Waals surface area (Å²) in [7, 11) is 3.45. The number of ketones is 1. The maximum Gasteiger partial charge on any atom is 0.316 e. The summed E-state index contributed by atoms with van der Waals surface area (Å²) in [4.78, 5) is 28.2. The van der Waals surface area contributed by atoms with Gasteiger partial charge in [0.1, 0.15) is 29.2 Å². The monoisotopic (exact) mass is 645 g/mol. The number of amidine groups is 1. The molecule has 0 spiro atoms. The van der Waals surface area contributed by atoms with E-state index in [0.29, 0.717) is 38.9 Å². The number of aliphatic hydroxyl groups excluding tert-OH is 1. The quantitative estimate of drug-likeness (QED) is 0.0476. The summed E-state index contributed by atoms with van der Waals surface area (Å²) in [5.74, 6) is 4.25. The number of hydrazine groups is 1. The van der Waals surface area contributed by atoms with E-state index in [1.54, 1.807) is 39.8 Å². The number of rotatable bonds is 8. The molecule has 3 unspecified atom stereocenters. The molecule has 0 radical (unpaired) electrons. The molecule has 1 heterocycles. The average Bonchev–Trinajstić information content (AvgIpc) is 3.02. The zero-order chi connectivity index (χ0) is 34.8. The van der Waals surface area contributed by atoms with Gasteiger partial charge in [-0.15, -0.1) is 0 Å². The number of carbonyl (C=O) groups excluding carboxylic acids is 2. The van der Waals surface area contributed by atoms with Gasteiger partial charge in [-0.3, -0.25) is 24.9 Å². The highest BCUT2D eigenvalue weighted by molar-refractivity contribution is 5.99. The molecule has 1 aromatic carbocycles. The second-order valence-electron chi connectivity index (χ2n) is 13.5. The predicted octanol–water partition coefficient (Wildman–Crippen LogP) is 4.09. The molecular weight excluding hydrogens is 586 g/mol. The molecule has 11 nitrogen and oxygen atoms in total. The number of nitrogens with zero attached hydrogens (tertiary/aromatic N) is 2. The van der Waals surface area contributed by atoms with E-state index < -0.39 is 41.5 Å². The van der Waals surface area contributed by atoms with Crippen molar-refractivity contribution in [3.05, 3.63) is 47.5 Å². The number of cyclic esters (lactones) is 1. The summed E-state index contributed by atoms with van der Waals surface area (Å²) in [5, 5.41) is 24.5. The van der Waals surface area contributed by atoms with E-state index in [0.717, 1.165) is 11.1 Å². The third-order valence-electron chi connectivity index (χ3n) is 9.41. The number of nitrogens with two attached hydrogens (primary N) is 1. The van der Waals surface area contributed by atoms with Crippen LogP contribution in [0.4, 0.5) is 0 Å². The molecule has 0 aromatic heterocycles. The number of benzene rings is 1. The van der Waals surface area contributed by atoms with Gasteiger partial charge < -0.3 is 24.6 Å². The molecule has 7 atom stereocenters. The molecule has 0 amide bonds. The fourth-order valence-electron chi connectivity index (χ4n) is 6.27. The molecule has 1 aliphatic rings. The summed E-state index contributed by atoms with van der Waals surface area (Å²) in [6, 6.07) is 9.13. The lowest BCUT2D eigenvalue weighted by molar-refractivity contribution is -0.267. The van der Waals surface area contributed by atoms with Gasteiger partial charge in [-0.2, -0.15) is 0 Å². The van der Waals surface area contributed by atoms with Crippen molar-refractivity contribution in [2.45, 2.75) is 104 Å². The highest BCUT2D eigenvalue weighted by Gasteiger charge is 2.41. The first-order chi connectivity index (χ1) is 21.5. The molecular formula is C35H59N5O6. The van der Waals surface area contributed by atoms with Gasteiger partial charge in [-0.1, -0.05) is 62.8 Å². The van der Waals surface area contributed by atoms with Gasteiger partial charge in [-0.05, 0) is 66.8 Å². The normalized spacial score (nSPS) is 31.4. The van der Waals surface area contributed by atoms with Gasteiger partial charge in [0, 0.05) is 44.3 Å². The Kier molecular flexibility index (Phi) is 15.0. The van der Waals surface area contributed by atoms with Crippen LogP contribution in [-0.2, 0) is 23.8 Å². The highest BCUT2D eigenvalue weighted by Crippen LogP contribution is 2.35. The minimum Gasteiger partial charge on any atom is -0.459 e. The average molecular weight is 646 g/mol. The number of hydrogen-bond acceptors (Lipinski definition) is 10. The summed E-state index contributed by atoms with van der Waals surface area (Å²) in [6.45, 7) is 16.5. The Hall–Kier alpha value is -2.67. The third kappa shape index (κ3) is 10.7. The van der Waals surface area contributed by atoms with Crippen LogP contribution in [-0.4, -0.2) is 96.2 Å². The number of likely N-dealkylation sites (N-methyl/N-ethyl adjacent to an activating group) is 1. The second kappa shape index (κ2) is 17.5. The van der Waals surface area contributed by atoms with E-state index in [1.165, 1.54) is 5.01 Å². The van der Waals surface area contributed by atoms with Gasteiger partial charge in [-0.25, -0.2) is 5.84 Å². The van der Waals surface area contributed by atoms with Crippen LogP contribution in [0.3, 0.4) is 0 Å². The van der Waals surface area contributed by atoms with Crippen molar-refractivity contribution in [3.63, 3.8) is 0 Å². The van der Waals surface area contributed by atoms with Crippen molar-refractivity contribution >= 4 is 17.6 Å². The van der Waals surface area contributed by atoms with Gasteiger partial charge >= 0.3 is 5.97 Å². The molecule has 46 heavy (non-hydrogen) atoms. The second-order valence-corrected chi connectivity index (χ2v) is 13.5. The van der Waals surface area contributed by atoms with E-state index in [1.807, 2.05) is 58.0 Å². The number of Topliss-reactive ketones (excluding diaryl/α,β-unsaturated/α-hetero) is 1. The summed E-state index contributed by atoms with van der Waals surface area (Å²) < 4.78 is 18.0. The minimum absolute atomic E-state index is 0.00247. The van der Waals surface area contributed by atoms with E-state index in [9.17, 15) is 14.7 Å². The van der Waals surface area contributed by atoms with Gasteiger partial charge in [0.15, 0.2) is 0 Å². The summed E-state index contributed by atoms with van der Waals surface area (Å²) >= 11 is 0. The number of nitrogens with one attached hydrogen (secondary N) is 2. The topological polar surface area (TPSA) is 150 Å². The Bertz CT molecular complexity index is 1180. The van der Waals surface area contributed by atoms with Crippen molar-refractivity contribution in [3.8, 4) is 0 Å². The van der Waals surface area contributed by atoms with E-state index in [2.05, 4.69) is 18.3 Å². The van der Waals surface area contributed by atoms with Gasteiger partial charge in [0.25, 0.3) is 0 Å². The van der Waals surface area contributed by atoms with Crippen LogP contribution in [0.2, 0.25) is 0 Å². The van der Waals surface area contributed by atoms with E-state index in [4.69, 9.17) is 25.5 Å². The molecule has 0 bridgehead atoms. The fraction of sp³-hybridized carbons (Fsp3) is 0.686. The lowest BCUT2D eigenvalue weighted by Crippen LogP contribution is -2.51. The van der Waals surface area contributed by atoms with Gasteiger partial charge in [0.05, 0.1) is 5.60 Å². The number of esters is 1. The van der Waals surface area contributed by atoms with Crippen LogP contribution in [0, 0.1) is 23.2 Å². The number of methoxy groups -OCH3 is 1. The standard InChI is InChI=1S/C35H59N5O6/c1-11-29-34(6,7)46-33(43)39(9)26(5)28(17-18-38-19-20-40(37)31(36)27-15-13-12-14-16-27)23(2)21-35(8,44-10)22-24(3)30(41)25(4)32(42)45-29/h12-17,23-26,29,33,36,38,43H,11,18-22,37H2,1-10H3/b28-17+,36-31?/t23-,24-,25?,26?,29-,33?,35-/m1/s1. The maximum atomic E-state index is 13.4. The van der Waals surface area contributed by atoms with Crippen molar-refractivity contribution in [2.24, 2.45) is 23.6 Å². The first kappa shape index (κ1) is 39.5. The number of carbonyl (C=O) groups is 2. The van der Waals surface area contributed by atoms with Crippen LogP contribution < -0.4 is 11.2 Å². The van der Waals surface area contributed by atoms with Crippen molar-refractivity contribution in [1.29, 1.82) is 5.41 Å². The van der Waals surface area contributed by atoms with Crippen LogP contribution in [0.5, 0.6) is 0 Å². The number of hydrogen-bond donors (Lipinski definition) is 4. The first-order valence-electron chi connectivity index (χ1n) is 16.4. The lowest BCUT2D eigenvalue weighted by atomic mass is 9.78. The fourth-order valence-corrected chi connectivity index (χ4v) is 6.27. The van der Waals surface area contributed by atoms with Crippen LogP contribution in [0.1, 0.15) is 80.2 Å². The zero-order valence-electron chi connectivity index (χ0n) is 29.6. The molecule has 2 rings (SSSR count). The Morgan fingerprint density at radius 3 is 2.35 bits per heavy atom. The first-order valence-corrected chi connectivity index (χ1v) is 16.4. The Morgan fingerprint density at radius 2 is 1.76 bits per heavy atom. The van der Waals surface area contributed by atoms with Crippen LogP contribution >= 0.6 is 0 Å². The smallest absolute Gasteiger partial charge is 0.316 e. The largest absolute Gasteiger partial charge is 0.459 e. The molecule has 1 aromatic rings.